The first kappa shape index (κ1) is 25.8. The van der Waals surface area contributed by atoms with E-state index in [0.29, 0.717) is 25.9 Å². The summed E-state index contributed by atoms with van der Waals surface area (Å²) in [5.41, 5.74) is -2.06. The fourth-order valence-electron chi connectivity index (χ4n) is 5.91. The molecule has 200 valence electrons. The van der Waals surface area contributed by atoms with Crippen LogP contribution in [0.25, 0.3) is 0 Å². The number of ether oxygens (including phenoxy) is 2. The molecular weight excluding hydrogens is 502 g/mol. The van der Waals surface area contributed by atoms with E-state index in [0.717, 1.165) is 37.1 Å². The number of rotatable bonds is 6. The molecule has 11 heteroatoms. The van der Waals surface area contributed by atoms with Crippen molar-refractivity contribution in [3.63, 3.8) is 0 Å². The highest BCUT2D eigenvalue weighted by molar-refractivity contribution is 5.70. The summed E-state index contributed by atoms with van der Waals surface area (Å²) in [6.45, 7) is 1.03. The third-order valence-electron chi connectivity index (χ3n) is 7.52. The predicted octanol–water partition coefficient (Wildman–Crippen LogP) is 5.94. The number of carbonyl (C=O) groups is 1. The van der Waals surface area contributed by atoms with Crippen LogP contribution in [-0.2, 0) is 21.8 Å². The van der Waals surface area contributed by atoms with Gasteiger partial charge in [-0.1, -0.05) is 24.3 Å². The minimum Gasteiger partial charge on any atom is -0.441 e. The van der Waals surface area contributed by atoms with Crippen molar-refractivity contribution in [2.75, 3.05) is 19.7 Å². The van der Waals surface area contributed by atoms with Gasteiger partial charge in [0.25, 0.3) is 0 Å². The number of hydrogen-bond acceptors (Lipinski definition) is 4. The Morgan fingerprint density at radius 3 is 1.95 bits per heavy atom. The third-order valence-corrected chi connectivity index (χ3v) is 7.52. The molecule has 3 fully saturated rings. The van der Waals surface area contributed by atoms with Crippen LogP contribution in [0.3, 0.4) is 0 Å². The molecule has 2 unspecified atom stereocenters. The second kappa shape index (κ2) is 9.50. The Labute approximate surface area is 209 Å². The van der Waals surface area contributed by atoms with Gasteiger partial charge in [-0.3, -0.25) is 4.90 Å². The zero-order chi connectivity index (χ0) is 26.4. The Morgan fingerprint density at radius 2 is 1.49 bits per heavy atom. The molecule has 5 rings (SSSR count). The fourth-order valence-corrected chi connectivity index (χ4v) is 5.91. The largest absolute Gasteiger partial charge is 0.441 e. The highest BCUT2D eigenvalue weighted by atomic mass is 19.4. The molecule has 1 N–H and O–H groups in total. The lowest BCUT2D eigenvalue weighted by Gasteiger charge is -2.43. The Balaban J connectivity index is 1.34. The molecule has 2 bridgehead atoms. The number of benzene rings is 2. The lowest BCUT2D eigenvalue weighted by Crippen LogP contribution is -2.53. The SMILES string of the molecule is O=C1NCC2(CC3CCC(C2)N3CCOC(c2cccc(C(F)(F)F)c2)c2cccc(C(F)(F)F)c2)O1. The summed E-state index contributed by atoms with van der Waals surface area (Å²) in [4.78, 5) is 13.9. The van der Waals surface area contributed by atoms with E-state index in [9.17, 15) is 31.1 Å². The summed E-state index contributed by atoms with van der Waals surface area (Å²) < 4.78 is 91.8. The molecule has 0 saturated carbocycles. The number of fused-ring (bicyclic) bond motifs is 2. The number of carbonyl (C=O) groups excluding carboxylic acids is 1. The minimum absolute atomic E-state index is 0.106. The number of alkyl halides is 6. The molecule has 2 atom stereocenters. The zero-order valence-corrected chi connectivity index (χ0v) is 19.7. The van der Waals surface area contributed by atoms with Crippen molar-refractivity contribution >= 4 is 6.09 Å². The second-order valence-electron chi connectivity index (χ2n) is 9.95. The van der Waals surface area contributed by atoms with Crippen LogP contribution >= 0.6 is 0 Å². The topological polar surface area (TPSA) is 50.8 Å². The quantitative estimate of drug-likeness (QED) is 0.472. The van der Waals surface area contributed by atoms with Gasteiger partial charge in [0.1, 0.15) is 11.7 Å². The smallest absolute Gasteiger partial charge is 0.416 e. The Kier molecular flexibility index (Phi) is 6.64. The maximum absolute atomic E-state index is 13.4. The van der Waals surface area contributed by atoms with Gasteiger partial charge in [-0.05, 0) is 48.2 Å². The lowest BCUT2D eigenvalue weighted by molar-refractivity contribution is -0.138. The maximum atomic E-state index is 13.4. The van der Waals surface area contributed by atoms with Crippen LogP contribution in [0.1, 0.15) is 54.0 Å². The van der Waals surface area contributed by atoms with E-state index < -0.39 is 41.3 Å². The van der Waals surface area contributed by atoms with Crippen molar-refractivity contribution in [1.82, 2.24) is 10.2 Å². The van der Waals surface area contributed by atoms with E-state index in [1.807, 2.05) is 0 Å². The summed E-state index contributed by atoms with van der Waals surface area (Å²) in [5, 5.41) is 2.72. The first-order valence-electron chi connectivity index (χ1n) is 12.1. The fraction of sp³-hybridized carbons (Fsp3) is 0.500. The van der Waals surface area contributed by atoms with Crippen LogP contribution in [0, 0.1) is 0 Å². The monoisotopic (exact) mass is 528 g/mol. The predicted molar refractivity (Wildman–Crippen MR) is 121 cm³/mol. The lowest BCUT2D eigenvalue weighted by atomic mass is 9.86. The molecule has 0 radical (unpaired) electrons. The van der Waals surface area contributed by atoms with Crippen molar-refractivity contribution in [2.24, 2.45) is 0 Å². The molecule has 3 aliphatic rings. The van der Waals surface area contributed by atoms with E-state index in [-0.39, 0.29) is 29.8 Å². The summed E-state index contributed by atoms with van der Waals surface area (Å²) in [6.07, 6.45) is -7.53. The van der Waals surface area contributed by atoms with Gasteiger partial charge >= 0.3 is 18.4 Å². The van der Waals surface area contributed by atoms with Gasteiger partial charge in [0.15, 0.2) is 0 Å². The van der Waals surface area contributed by atoms with Crippen LogP contribution in [0.15, 0.2) is 48.5 Å². The number of nitrogens with zero attached hydrogens (tertiary/aromatic N) is 1. The molecule has 3 saturated heterocycles. The average Bonchev–Trinajstić information content (AvgIpc) is 3.31. The number of piperidine rings is 1. The molecule has 3 aliphatic heterocycles. The first-order chi connectivity index (χ1) is 17.4. The first-order valence-corrected chi connectivity index (χ1v) is 12.1. The number of alkyl carbamates (subject to hydrolysis) is 1. The van der Waals surface area contributed by atoms with Crippen LogP contribution in [0.4, 0.5) is 31.1 Å². The van der Waals surface area contributed by atoms with Gasteiger partial charge < -0.3 is 14.8 Å². The molecule has 5 nitrogen and oxygen atoms in total. The summed E-state index contributed by atoms with van der Waals surface area (Å²) in [7, 11) is 0. The van der Waals surface area contributed by atoms with E-state index in [2.05, 4.69) is 10.2 Å². The van der Waals surface area contributed by atoms with Crippen LogP contribution in [0.2, 0.25) is 0 Å². The van der Waals surface area contributed by atoms with E-state index in [4.69, 9.17) is 9.47 Å². The molecule has 37 heavy (non-hydrogen) atoms. The number of halogens is 6. The summed E-state index contributed by atoms with van der Waals surface area (Å²) in [6, 6.07) is 9.29. The highest BCUT2D eigenvalue weighted by Crippen LogP contribution is 2.44. The van der Waals surface area contributed by atoms with Gasteiger partial charge in [0.05, 0.1) is 24.3 Å². The molecule has 0 aromatic heterocycles. The molecule has 2 aromatic rings. The molecule has 2 aromatic carbocycles. The standard InChI is InChI=1S/C26H26F6N2O3/c27-25(28,29)18-5-1-3-16(11-18)22(17-4-2-6-19(12-17)26(30,31)32)36-10-9-34-20-7-8-21(34)14-24(13-20)15-33-23(35)37-24/h1-6,11-12,20-22H,7-10,13-15H2,(H,33,35). The summed E-state index contributed by atoms with van der Waals surface area (Å²) in [5.74, 6) is 0. The molecule has 1 spiro atoms. The van der Waals surface area contributed by atoms with Gasteiger partial charge in [-0.2, -0.15) is 26.3 Å². The highest BCUT2D eigenvalue weighted by Gasteiger charge is 2.52. The zero-order valence-electron chi connectivity index (χ0n) is 19.7. The molecule has 3 heterocycles. The van der Waals surface area contributed by atoms with Crippen molar-refractivity contribution in [3.05, 3.63) is 70.8 Å². The minimum atomic E-state index is -4.60. The normalized spacial score (nSPS) is 26.1. The number of amides is 1. The molecular formula is C26H26F6N2O3. The van der Waals surface area contributed by atoms with E-state index in [1.54, 1.807) is 0 Å². The van der Waals surface area contributed by atoms with Crippen molar-refractivity contribution in [2.45, 2.75) is 61.8 Å². The maximum Gasteiger partial charge on any atom is 0.416 e. The van der Waals surface area contributed by atoms with Crippen molar-refractivity contribution < 1.29 is 40.6 Å². The van der Waals surface area contributed by atoms with E-state index >= 15 is 0 Å². The van der Waals surface area contributed by atoms with Gasteiger partial charge in [-0.25, -0.2) is 4.79 Å². The molecule has 1 amide bonds. The van der Waals surface area contributed by atoms with Gasteiger partial charge in [0, 0.05) is 31.5 Å². The Bertz CT molecular complexity index is 1080. The van der Waals surface area contributed by atoms with E-state index in [1.165, 1.54) is 24.3 Å². The summed E-state index contributed by atoms with van der Waals surface area (Å²) >= 11 is 0. The van der Waals surface area contributed by atoms with Crippen LogP contribution in [-0.4, -0.2) is 48.4 Å². The van der Waals surface area contributed by atoms with Gasteiger partial charge in [-0.15, -0.1) is 0 Å². The third kappa shape index (κ3) is 5.43. The molecule has 0 aliphatic carbocycles. The van der Waals surface area contributed by atoms with Gasteiger partial charge in [0.2, 0.25) is 0 Å². The number of hydrogen-bond donors (Lipinski definition) is 1. The Hall–Kier alpha value is -2.79. The second-order valence-corrected chi connectivity index (χ2v) is 9.95. The van der Waals surface area contributed by atoms with Crippen molar-refractivity contribution in [1.29, 1.82) is 0 Å². The van der Waals surface area contributed by atoms with Crippen LogP contribution < -0.4 is 5.32 Å². The average molecular weight is 528 g/mol. The van der Waals surface area contributed by atoms with Crippen LogP contribution in [0.5, 0.6) is 0 Å². The number of nitrogens with one attached hydrogen (secondary N) is 1. The Morgan fingerprint density at radius 1 is 0.946 bits per heavy atom. The van der Waals surface area contributed by atoms with Crippen molar-refractivity contribution in [3.8, 4) is 0 Å².